The molecule has 0 saturated heterocycles. The number of hydrogen-bond acceptors (Lipinski definition) is 10. The number of amides is 1. The van der Waals surface area contributed by atoms with E-state index < -0.39 is 6.23 Å². The molecule has 8 aliphatic carbocycles. The van der Waals surface area contributed by atoms with Gasteiger partial charge in [0.15, 0.2) is 0 Å². The Bertz CT molecular complexity index is 1790. The molecule has 414 valence electrons. The summed E-state index contributed by atoms with van der Waals surface area (Å²) in [6.07, 6.45) is 22.3. The van der Waals surface area contributed by atoms with Gasteiger partial charge in [0.25, 0.3) is 0 Å². The van der Waals surface area contributed by atoms with E-state index in [9.17, 15) is 35.1 Å². The highest BCUT2D eigenvalue weighted by Crippen LogP contribution is 2.70. The van der Waals surface area contributed by atoms with Gasteiger partial charge in [-0.1, -0.05) is 41.5 Å². The number of carbonyl (C=O) groups is 2. The molecular weight excluding hydrogens is 903 g/mol. The van der Waals surface area contributed by atoms with E-state index in [2.05, 4.69) is 57.1 Å². The highest BCUT2D eigenvalue weighted by Gasteiger charge is 2.64. The Balaban J connectivity index is 0.744. The Hall–Kier alpha value is -1.34. The zero-order chi connectivity index (χ0) is 51.8. The van der Waals surface area contributed by atoms with Gasteiger partial charge in [-0.15, -0.1) is 0 Å². The third-order valence-corrected chi connectivity index (χ3v) is 23.9. The lowest BCUT2D eigenvalue weighted by molar-refractivity contribution is -0.174. The highest BCUT2D eigenvalue weighted by atomic mass is 16.5. The Labute approximate surface area is 437 Å². The molecule has 0 radical (unpaired) electrons. The van der Waals surface area contributed by atoms with E-state index in [1.807, 2.05) is 14.1 Å². The van der Waals surface area contributed by atoms with Gasteiger partial charge in [0.05, 0.1) is 24.4 Å². The predicted molar refractivity (Wildman–Crippen MR) is 285 cm³/mol. The first-order valence-electron chi connectivity index (χ1n) is 30.4. The molecule has 7 N–H and O–H groups in total. The second-order valence-corrected chi connectivity index (χ2v) is 28.1. The molecule has 22 atom stereocenters. The van der Waals surface area contributed by atoms with Crippen molar-refractivity contribution in [2.45, 2.75) is 245 Å². The van der Waals surface area contributed by atoms with Crippen LogP contribution in [0.15, 0.2) is 0 Å². The molecule has 0 heterocycles. The van der Waals surface area contributed by atoms with Crippen molar-refractivity contribution in [3.05, 3.63) is 0 Å². The largest absolute Gasteiger partial charge is 0.462 e. The van der Waals surface area contributed by atoms with Crippen molar-refractivity contribution in [1.29, 1.82) is 0 Å². The first-order valence-corrected chi connectivity index (χ1v) is 30.4. The number of esters is 1. The number of hydrogen-bond donors (Lipinski definition) is 7. The molecule has 0 bridgehead atoms. The number of aliphatic hydroxyl groups excluding tert-OH is 5. The maximum absolute atomic E-state index is 13.3. The normalized spacial score (nSPS) is 44.0. The minimum Gasteiger partial charge on any atom is -0.462 e. The minimum atomic E-state index is -0.584. The summed E-state index contributed by atoms with van der Waals surface area (Å²) in [5.74, 6) is 5.81. The molecule has 8 fully saturated rings. The Morgan fingerprint density at radius 3 is 1.60 bits per heavy atom. The topological polar surface area (TPSA) is 172 Å². The van der Waals surface area contributed by atoms with Gasteiger partial charge in [-0.2, -0.15) is 0 Å². The molecule has 0 aliphatic heterocycles. The van der Waals surface area contributed by atoms with Crippen LogP contribution >= 0.6 is 0 Å². The third-order valence-electron chi connectivity index (χ3n) is 23.9. The smallest absolute Gasteiger partial charge is 0.306 e. The summed E-state index contributed by atoms with van der Waals surface area (Å²) in [6.45, 7) is 16.8. The molecule has 11 heteroatoms. The summed E-state index contributed by atoms with van der Waals surface area (Å²) in [5, 5.41) is 62.1. The first-order chi connectivity index (χ1) is 34.2. The number of nitrogens with zero attached hydrogens (tertiary/aromatic N) is 1. The summed E-state index contributed by atoms with van der Waals surface area (Å²) in [4.78, 5) is 28.4. The van der Waals surface area contributed by atoms with Crippen LogP contribution in [0.5, 0.6) is 0 Å². The van der Waals surface area contributed by atoms with Crippen molar-refractivity contribution in [3.63, 3.8) is 0 Å². The fourth-order valence-corrected chi connectivity index (χ4v) is 19.9. The molecule has 1 amide bonds. The Morgan fingerprint density at radius 1 is 0.583 bits per heavy atom. The van der Waals surface area contributed by atoms with Crippen LogP contribution in [0.4, 0.5) is 0 Å². The van der Waals surface area contributed by atoms with Crippen molar-refractivity contribution in [2.24, 2.45) is 92.7 Å². The monoisotopic (exact) mass is 1010 g/mol. The van der Waals surface area contributed by atoms with Gasteiger partial charge in [0.2, 0.25) is 5.91 Å². The molecule has 8 rings (SSSR count). The Morgan fingerprint density at radius 2 is 1.07 bits per heavy atom. The summed E-state index contributed by atoms with van der Waals surface area (Å²) < 4.78 is 6.06. The lowest BCUT2D eigenvalue weighted by atomic mass is 9.43. The molecule has 0 spiro atoms. The van der Waals surface area contributed by atoms with Crippen LogP contribution in [-0.2, 0) is 14.3 Å². The SMILES string of the molecule is C[C@H](CCC(=O)NCCCC(CCCNC(O)CC[C@@H](C)[C@H]1CC[C@H]2[C@@H]3[C@@H](O)C[C@@H]4C[C@H](O)CC[C@]4(C)[C@H]3CC[C@]12C)OC(=O)CCCN(C)C)[C@H]1CC[C@H]2[C@@H]3[C@@H](O)C[C@@H]4C[C@H](O)CC[C@]4(C)[C@H]3CC[C@]12C. The fraction of sp³-hybridized carbons (Fsp3) is 0.967. The van der Waals surface area contributed by atoms with E-state index in [1.54, 1.807) is 0 Å². The fourth-order valence-electron chi connectivity index (χ4n) is 19.9. The summed E-state index contributed by atoms with van der Waals surface area (Å²) in [7, 11) is 4.03. The van der Waals surface area contributed by atoms with Gasteiger partial charge >= 0.3 is 5.97 Å². The number of fused-ring (bicyclic) bond motifs is 10. The van der Waals surface area contributed by atoms with Crippen molar-refractivity contribution in [3.8, 4) is 0 Å². The van der Waals surface area contributed by atoms with Crippen LogP contribution < -0.4 is 10.6 Å². The predicted octanol–water partition coefficient (Wildman–Crippen LogP) is 9.64. The van der Waals surface area contributed by atoms with Gasteiger partial charge < -0.3 is 40.5 Å². The van der Waals surface area contributed by atoms with Gasteiger partial charge in [0, 0.05) is 19.4 Å². The average Bonchev–Trinajstić information content (AvgIpc) is 3.87. The lowest BCUT2D eigenvalue weighted by Crippen LogP contribution is -2.58. The van der Waals surface area contributed by atoms with Crippen molar-refractivity contribution < 1.29 is 39.9 Å². The number of carbonyl (C=O) groups excluding carboxylic acids is 2. The van der Waals surface area contributed by atoms with E-state index in [0.717, 1.165) is 90.0 Å². The number of rotatable bonds is 22. The molecular formula is C61H107N3O8. The molecule has 72 heavy (non-hydrogen) atoms. The zero-order valence-electron chi connectivity index (χ0n) is 46.8. The molecule has 8 aliphatic rings. The lowest BCUT2D eigenvalue weighted by Gasteiger charge is -2.62. The van der Waals surface area contributed by atoms with Crippen LogP contribution in [0.2, 0.25) is 0 Å². The molecule has 0 aromatic carbocycles. The quantitative estimate of drug-likeness (QED) is 0.0315. The summed E-state index contributed by atoms with van der Waals surface area (Å²) in [5.41, 5.74) is 0.892. The van der Waals surface area contributed by atoms with Crippen LogP contribution in [0.3, 0.4) is 0 Å². The highest BCUT2D eigenvalue weighted by molar-refractivity contribution is 5.75. The van der Waals surface area contributed by atoms with E-state index in [1.165, 1.54) is 51.4 Å². The minimum absolute atomic E-state index is 0.0994. The third kappa shape index (κ3) is 11.9. The number of ether oxygens (including phenoxy) is 1. The second kappa shape index (κ2) is 23.7. The first kappa shape index (κ1) is 56.9. The van der Waals surface area contributed by atoms with Crippen LogP contribution in [0, 0.1) is 92.7 Å². The molecule has 0 aromatic heterocycles. The van der Waals surface area contributed by atoms with Crippen LogP contribution in [-0.4, -0.2) is 113 Å². The van der Waals surface area contributed by atoms with Gasteiger partial charge in [-0.3, -0.25) is 14.9 Å². The molecule has 2 unspecified atom stereocenters. The molecule has 8 saturated carbocycles. The van der Waals surface area contributed by atoms with Crippen molar-refractivity contribution in [2.75, 3.05) is 33.7 Å². The Kier molecular flexibility index (Phi) is 18.7. The maximum atomic E-state index is 13.3. The van der Waals surface area contributed by atoms with Gasteiger partial charge in [-0.25, -0.2) is 0 Å². The van der Waals surface area contributed by atoms with E-state index >= 15 is 0 Å². The molecule has 11 nitrogen and oxygen atoms in total. The maximum Gasteiger partial charge on any atom is 0.306 e. The zero-order valence-corrected chi connectivity index (χ0v) is 46.8. The number of nitrogens with one attached hydrogen (secondary N) is 2. The number of aliphatic hydroxyl groups is 5. The van der Waals surface area contributed by atoms with Crippen LogP contribution in [0.1, 0.15) is 208 Å². The van der Waals surface area contributed by atoms with Crippen molar-refractivity contribution >= 4 is 11.9 Å². The molecule has 0 aromatic rings. The summed E-state index contributed by atoms with van der Waals surface area (Å²) >= 11 is 0. The van der Waals surface area contributed by atoms with Crippen molar-refractivity contribution in [1.82, 2.24) is 15.5 Å². The van der Waals surface area contributed by atoms with Gasteiger partial charge in [0.1, 0.15) is 12.3 Å². The van der Waals surface area contributed by atoms with E-state index in [-0.39, 0.29) is 64.1 Å². The second-order valence-electron chi connectivity index (χ2n) is 28.1. The van der Waals surface area contributed by atoms with Crippen LogP contribution in [0.25, 0.3) is 0 Å². The average molecular weight is 1010 g/mol. The summed E-state index contributed by atoms with van der Waals surface area (Å²) in [6, 6.07) is 0. The standard InChI is InChI=1S/C61H107N3O8/c1-38(45-17-19-47-56-49(25-29-60(45,47)5)58(3)27-23-42(65)34-40(58)36-51(56)67)15-21-53(69)62-31-9-12-44(72-55(71)14-11-33-64(7)8)13-10-32-63-54(70)22-16-39(2)46-18-20-48-57-50(26-30-61(46,48)6)59(4)28-24-43(66)35-41(59)37-52(57)68/h38-53,56-57,62,65-69H,9-37H2,1-8H3,(H,63,70)/t38-,39-,40+,41+,42-,43-,44?,45-,46-,47+,48+,49+,50+,51+,52+,53?,56+,57+,58+,59+,60-,61-/m1/s1. The van der Waals surface area contributed by atoms with Gasteiger partial charge in [-0.05, 0) is 274 Å². The van der Waals surface area contributed by atoms with E-state index in [4.69, 9.17) is 4.74 Å². The van der Waals surface area contributed by atoms with E-state index in [0.29, 0.717) is 116 Å².